The average molecular weight is 513 g/mol. The van der Waals surface area contributed by atoms with Crippen LogP contribution in [0.2, 0.25) is 0 Å². The summed E-state index contributed by atoms with van der Waals surface area (Å²) in [6.07, 6.45) is -0.0604. The van der Waals surface area contributed by atoms with E-state index in [2.05, 4.69) is 44.2 Å². The number of aliphatic carboxylic acids is 1. The molecule has 0 saturated heterocycles. The van der Waals surface area contributed by atoms with Crippen molar-refractivity contribution in [2.75, 3.05) is 37.7 Å². The lowest BCUT2D eigenvalue weighted by molar-refractivity contribution is -0.136. The van der Waals surface area contributed by atoms with Crippen LogP contribution in [0, 0.1) is 13.8 Å². The molecule has 1 unspecified atom stereocenters. The number of hydrogen-bond acceptors (Lipinski definition) is 10. The van der Waals surface area contributed by atoms with Crippen LogP contribution < -0.4 is 15.0 Å². The Hall–Kier alpha value is -3.57. The third kappa shape index (κ3) is 7.46. The number of aromatic nitrogens is 4. The number of aliphatic hydroxyl groups excluding tert-OH is 1. The van der Waals surface area contributed by atoms with E-state index in [9.17, 15) is 9.90 Å². The van der Waals surface area contributed by atoms with Crippen LogP contribution >= 0.6 is 0 Å². The highest BCUT2D eigenvalue weighted by atomic mass is 16.5. The van der Waals surface area contributed by atoms with Crippen LogP contribution in [0.4, 0.5) is 5.95 Å². The zero-order valence-electron chi connectivity index (χ0n) is 22.1. The molecule has 0 amide bonds. The third-order valence-electron chi connectivity index (χ3n) is 5.84. The van der Waals surface area contributed by atoms with Crippen LogP contribution in [0.5, 0.6) is 5.75 Å². The predicted octanol–water partition coefficient (Wildman–Crippen LogP) is 3.02. The summed E-state index contributed by atoms with van der Waals surface area (Å²) in [6, 6.07) is 5.71. The zero-order chi connectivity index (χ0) is 26.9. The summed E-state index contributed by atoms with van der Waals surface area (Å²) in [4.78, 5) is 26.4. The molecule has 1 atom stereocenters. The van der Waals surface area contributed by atoms with Crippen LogP contribution in [0.1, 0.15) is 44.0 Å². The molecule has 11 heteroatoms. The van der Waals surface area contributed by atoms with E-state index < -0.39 is 12.1 Å². The molecule has 0 aliphatic heterocycles. The van der Waals surface area contributed by atoms with Gasteiger partial charge in [-0.2, -0.15) is 4.98 Å². The maximum atomic E-state index is 10.6. The molecule has 3 N–H and O–H groups in total. The van der Waals surface area contributed by atoms with E-state index in [1.165, 1.54) is 0 Å². The van der Waals surface area contributed by atoms with Crippen molar-refractivity contribution >= 4 is 11.9 Å². The molecule has 0 radical (unpaired) electrons. The van der Waals surface area contributed by atoms with Gasteiger partial charge in [0.05, 0.1) is 6.42 Å². The highest BCUT2D eigenvalue weighted by Crippen LogP contribution is 2.31. The molecule has 0 saturated carbocycles. The minimum atomic E-state index is -0.883. The third-order valence-corrected chi connectivity index (χ3v) is 5.84. The highest BCUT2D eigenvalue weighted by molar-refractivity contribution is 5.66. The number of carboxylic acids is 1. The van der Waals surface area contributed by atoms with Crippen molar-refractivity contribution < 1.29 is 24.3 Å². The maximum absolute atomic E-state index is 10.6. The Labute approximate surface area is 216 Å². The number of anilines is 1. The second kappa shape index (κ2) is 13.1. The second-order valence-electron chi connectivity index (χ2n) is 8.74. The summed E-state index contributed by atoms with van der Waals surface area (Å²) < 4.78 is 11.5. The van der Waals surface area contributed by atoms with Gasteiger partial charge in [0.1, 0.15) is 24.2 Å². The van der Waals surface area contributed by atoms with E-state index in [-0.39, 0.29) is 19.6 Å². The van der Waals surface area contributed by atoms with Gasteiger partial charge in [0.15, 0.2) is 0 Å². The molecule has 11 nitrogen and oxygen atoms in total. The van der Waals surface area contributed by atoms with E-state index in [0.717, 1.165) is 35.5 Å². The van der Waals surface area contributed by atoms with Gasteiger partial charge in [-0.3, -0.25) is 4.79 Å². The van der Waals surface area contributed by atoms with Gasteiger partial charge in [-0.15, -0.1) is 0 Å². The van der Waals surface area contributed by atoms with E-state index in [1.807, 2.05) is 39.0 Å². The first-order chi connectivity index (χ1) is 17.7. The number of hydrogen-bond donors (Lipinski definition) is 3. The molecular formula is C26H36N6O5. The molecule has 37 heavy (non-hydrogen) atoms. The lowest BCUT2D eigenvalue weighted by Gasteiger charge is -2.18. The fraction of sp³-hybridized carbons (Fsp3) is 0.500. The second-order valence-corrected chi connectivity index (χ2v) is 8.74. The Morgan fingerprint density at radius 1 is 1.14 bits per heavy atom. The zero-order valence-corrected chi connectivity index (χ0v) is 22.1. The number of carbonyl (C=O) groups is 1. The topological polar surface area (TPSA) is 147 Å². The lowest BCUT2D eigenvalue weighted by Crippen LogP contribution is -2.32. The van der Waals surface area contributed by atoms with Gasteiger partial charge in [0, 0.05) is 37.4 Å². The standard InChI is InChI=1S/C26H36N6O5/c1-6-18-13-19(11-16(4)23(18)36-15-20(33)14-27-10-9-22(34)35)24-30-25(37-31-24)21-12-17(5)28-26(29-21)32(7-2)8-3/h11-13,20,27,33H,6-10,14-15H2,1-5H3,(H,34,35). The number of aliphatic hydroxyl groups is 1. The van der Waals surface area contributed by atoms with E-state index in [0.29, 0.717) is 42.1 Å². The summed E-state index contributed by atoms with van der Waals surface area (Å²) in [5.41, 5.74) is 4.02. The molecule has 0 aliphatic rings. The monoisotopic (exact) mass is 512 g/mol. The van der Waals surface area contributed by atoms with Crippen molar-refractivity contribution in [1.29, 1.82) is 0 Å². The van der Waals surface area contributed by atoms with Gasteiger partial charge in [0.25, 0.3) is 5.89 Å². The normalized spacial score (nSPS) is 11.9. The van der Waals surface area contributed by atoms with Gasteiger partial charge >= 0.3 is 5.97 Å². The first-order valence-electron chi connectivity index (χ1n) is 12.6. The molecule has 0 aliphatic carbocycles. The van der Waals surface area contributed by atoms with Crippen molar-refractivity contribution in [3.8, 4) is 28.7 Å². The molecule has 0 spiro atoms. The highest BCUT2D eigenvalue weighted by Gasteiger charge is 2.18. The number of benzene rings is 1. The number of nitrogens with one attached hydrogen (secondary N) is 1. The summed E-state index contributed by atoms with van der Waals surface area (Å²) in [7, 11) is 0. The number of ether oxygens (including phenoxy) is 1. The number of aryl methyl sites for hydroxylation is 3. The fourth-order valence-electron chi connectivity index (χ4n) is 3.90. The molecule has 0 bridgehead atoms. The first kappa shape index (κ1) is 28.0. The SMILES string of the molecule is CCc1cc(-c2noc(-c3cc(C)nc(N(CC)CC)n3)n2)cc(C)c1OCC(O)CNCCC(=O)O. The van der Waals surface area contributed by atoms with Gasteiger partial charge in [0.2, 0.25) is 11.8 Å². The number of carboxylic acid groups (broad SMARTS) is 1. The molecule has 3 rings (SSSR count). The minimum Gasteiger partial charge on any atom is -0.490 e. The van der Waals surface area contributed by atoms with Crippen molar-refractivity contribution in [2.45, 2.75) is 53.6 Å². The Kier molecular flexibility index (Phi) is 9.93. The average Bonchev–Trinajstić information content (AvgIpc) is 3.36. The number of rotatable bonds is 14. The van der Waals surface area contributed by atoms with Gasteiger partial charge in [-0.05, 0) is 63.4 Å². The summed E-state index contributed by atoms with van der Waals surface area (Å²) in [5, 5.41) is 26.0. The predicted molar refractivity (Wildman–Crippen MR) is 140 cm³/mol. The summed E-state index contributed by atoms with van der Waals surface area (Å²) >= 11 is 0. The fourth-order valence-corrected chi connectivity index (χ4v) is 3.90. The van der Waals surface area contributed by atoms with Gasteiger partial charge in [-0.1, -0.05) is 12.1 Å². The smallest absolute Gasteiger partial charge is 0.304 e. The van der Waals surface area contributed by atoms with Crippen molar-refractivity contribution in [3.05, 3.63) is 35.0 Å². The van der Waals surface area contributed by atoms with Crippen molar-refractivity contribution in [1.82, 2.24) is 25.4 Å². The van der Waals surface area contributed by atoms with Crippen LogP contribution in [-0.2, 0) is 11.2 Å². The quantitative estimate of drug-likeness (QED) is 0.274. The Morgan fingerprint density at radius 2 is 1.89 bits per heavy atom. The van der Waals surface area contributed by atoms with E-state index >= 15 is 0 Å². The molecule has 0 fully saturated rings. The largest absolute Gasteiger partial charge is 0.490 e. The molecule has 1 aromatic carbocycles. The maximum Gasteiger partial charge on any atom is 0.304 e. The van der Waals surface area contributed by atoms with Crippen LogP contribution in [-0.4, -0.2) is 75.2 Å². The molecule has 2 heterocycles. The molecule has 200 valence electrons. The summed E-state index contributed by atoms with van der Waals surface area (Å²) in [6.45, 7) is 12.2. The lowest BCUT2D eigenvalue weighted by atomic mass is 10.0. The Bertz CT molecular complexity index is 1190. The van der Waals surface area contributed by atoms with Crippen LogP contribution in [0.3, 0.4) is 0 Å². The van der Waals surface area contributed by atoms with E-state index in [1.54, 1.807) is 0 Å². The van der Waals surface area contributed by atoms with Crippen LogP contribution in [0.15, 0.2) is 22.7 Å². The van der Waals surface area contributed by atoms with E-state index in [4.69, 9.17) is 14.4 Å². The molecular weight excluding hydrogens is 476 g/mol. The molecule has 2 aromatic heterocycles. The molecule has 3 aromatic rings. The summed E-state index contributed by atoms with van der Waals surface area (Å²) in [5.74, 6) is 1.22. The van der Waals surface area contributed by atoms with Crippen molar-refractivity contribution in [2.24, 2.45) is 0 Å². The minimum absolute atomic E-state index is 0.000154. The van der Waals surface area contributed by atoms with Gasteiger partial charge in [-0.25, -0.2) is 9.97 Å². The first-order valence-corrected chi connectivity index (χ1v) is 12.6. The number of nitrogens with zero attached hydrogens (tertiary/aromatic N) is 5. The Morgan fingerprint density at radius 3 is 2.57 bits per heavy atom. The van der Waals surface area contributed by atoms with Crippen LogP contribution in [0.25, 0.3) is 23.0 Å². The van der Waals surface area contributed by atoms with Gasteiger partial charge < -0.3 is 29.7 Å². The Balaban J connectivity index is 1.76. The van der Waals surface area contributed by atoms with Crippen molar-refractivity contribution in [3.63, 3.8) is 0 Å².